The molecule has 1 heterocycles. The Kier molecular flexibility index (Phi) is 5.51. The number of aromatic nitrogens is 2. The largest absolute Gasteiger partial charge is 0.375 e. The van der Waals surface area contributed by atoms with Gasteiger partial charge in [-0.05, 0) is 19.1 Å². The van der Waals surface area contributed by atoms with Gasteiger partial charge in [0, 0.05) is 19.4 Å². The number of benzene rings is 1. The van der Waals surface area contributed by atoms with Gasteiger partial charge in [0.1, 0.15) is 5.82 Å². The molecule has 0 aliphatic rings. The Bertz CT molecular complexity index is 586. The normalized spacial score (nSPS) is 10.7. The zero-order chi connectivity index (χ0) is 15.1. The van der Waals surface area contributed by atoms with Crippen molar-refractivity contribution >= 4 is 16.9 Å². The Balaban J connectivity index is 1.67. The van der Waals surface area contributed by atoms with Crippen molar-refractivity contribution in [2.75, 3.05) is 19.8 Å². The molecule has 1 aromatic carbocycles. The van der Waals surface area contributed by atoms with Crippen LogP contribution in [-0.2, 0) is 16.0 Å². The molecule has 1 aromatic heterocycles. The van der Waals surface area contributed by atoms with Gasteiger partial charge in [0.15, 0.2) is 0 Å². The minimum atomic E-state index is 0.00869. The summed E-state index contributed by atoms with van der Waals surface area (Å²) < 4.78 is 5.32. The van der Waals surface area contributed by atoms with E-state index in [0.717, 1.165) is 22.4 Å². The molecule has 0 saturated carbocycles. The second kappa shape index (κ2) is 7.59. The van der Waals surface area contributed by atoms with Gasteiger partial charge < -0.3 is 15.0 Å². The first kappa shape index (κ1) is 15.3. The molecule has 0 fully saturated rings. The molecule has 112 valence electrons. The van der Waals surface area contributed by atoms with E-state index in [2.05, 4.69) is 21.9 Å². The van der Waals surface area contributed by atoms with Crippen LogP contribution in [0.3, 0.4) is 0 Å². The van der Waals surface area contributed by atoms with Crippen LogP contribution >= 0.6 is 0 Å². The molecule has 0 unspecified atom stereocenters. The summed E-state index contributed by atoms with van der Waals surface area (Å²) in [6.45, 7) is 7.21. The van der Waals surface area contributed by atoms with Crippen molar-refractivity contribution in [3.05, 3.63) is 42.2 Å². The minimum absolute atomic E-state index is 0.00869. The third-order valence-electron chi connectivity index (χ3n) is 2.94. The maximum atomic E-state index is 11.7. The predicted molar refractivity (Wildman–Crippen MR) is 83.1 cm³/mol. The number of fused-ring (bicyclic) bond motifs is 1. The van der Waals surface area contributed by atoms with E-state index < -0.39 is 0 Å². The van der Waals surface area contributed by atoms with Crippen LogP contribution in [0.25, 0.3) is 11.0 Å². The van der Waals surface area contributed by atoms with Gasteiger partial charge >= 0.3 is 0 Å². The van der Waals surface area contributed by atoms with Crippen LogP contribution in [0.2, 0.25) is 0 Å². The van der Waals surface area contributed by atoms with Crippen LogP contribution in [0.1, 0.15) is 19.2 Å². The summed E-state index contributed by atoms with van der Waals surface area (Å²) in [7, 11) is 0. The molecule has 0 aliphatic carbocycles. The summed E-state index contributed by atoms with van der Waals surface area (Å²) in [4.78, 5) is 19.4. The Morgan fingerprint density at radius 3 is 3.00 bits per heavy atom. The number of carbonyl (C=O) groups is 1. The minimum Gasteiger partial charge on any atom is -0.375 e. The van der Waals surface area contributed by atoms with Crippen molar-refractivity contribution in [3.63, 3.8) is 0 Å². The Hall–Kier alpha value is -2.14. The third kappa shape index (κ3) is 5.04. The van der Waals surface area contributed by atoms with Crippen LogP contribution < -0.4 is 5.32 Å². The number of para-hydroxylation sites is 2. The highest BCUT2D eigenvalue weighted by atomic mass is 16.5. The van der Waals surface area contributed by atoms with Crippen molar-refractivity contribution < 1.29 is 9.53 Å². The van der Waals surface area contributed by atoms with Crippen LogP contribution in [-0.4, -0.2) is 35.6 Å². The maximum Gasteiger partial charge on any atom is 0.220 e. The Morgan fingerprint density at radius 1 is 1.43 bits per heavy atom. The summed E-state index contributed by atoms with van der Waals surface area (Å²) >= 11 is 0. The van der Waals surface area contributed by atoms with E-state index >= 15 is 0 Å². The number of amides is 1. The standard InChI is InChI=1S/C16H21N3O2/c1-12(2)11-21-10-9-17-16(20)8-7-15-18-13-5-3-4-6-14(13)19-15/h3-6H,1,7-11H2,2H3,(H,17,20)(H,18,19). The zero-order valence-electron chi connectivity index (χ0n) is 12.3. The van der Waals surface area contributed by atoms with Crippen molar-refractivity contribution in [3.8, 4) is 0 Å². The number of rotatable bonds is 8. The number of aromatic amines is 1. The average Bonchev–Trinajstić information content (AvgIpc) is 2.87. The molecule has 2 aromatic rings. The van der Waals surface area contributed by atoms with Gasteiger partial charge in [-0.3, -0.25) is 4.79 Å². The van der Waals surface area contributed by atoms with Gasteiger partial charge in [-0.2, -0.15) is 0 Å². The van der Waals surface area contributed by atoms with Gasteiger partial charge in [-0.25, -0.2) is 4.98 Å². The number of carbonyl (C=O) groups excluding carboxylic acids is 1. The molecule has 0 atom stereocenters. The SMILES string of the molecule is C=C(C)COCCNC(=O)CCc1nc2ccccc2[nH]1. The first-order valence-corrected chi connectivity index (χ1v) is 7.07. The van der Waals surface area contributed by atoms with E-state index in [1.165, 1.54) is 0 Å². The topological polar surface area (TPSA) is 67.0 Å². The maximum absolute atomic E-state index is 11.7. The number of H-pyrrole nitrogens is 1. The smallest absolute Gasteiger partial charge is 0.220 e. The zero-order valence-corrected chi connectivity index (χ0v) is 12.3. The highest BCUT2D eigenvalue weighted by Gasteiger charge is 2.05. The quantitative estimate of drug-likeness (QED) is 0.578. The first-order valence-electron chi connectivity index (χ1n) is 7.07. The first-order chi connectivity index (χ1) is 10.1. The van der Waals surface area contributed by atoms with Gasteiger partial charge in [0.2, 0.25) is 5.91 Å². The predicted octanol–water partition coefficient (Wildman–Crippen LogP) is 2.20. The third-order valence-corrected chi connectivity index (χ3v) is 2.94. The number of nitrogens with one attached hydrogen (secondary N) is 2. The summed E-state index contributed by atoms with van der Waals surface area (Å²) in [6, 6.07) is 7.84. The molecule has 5 nitrogen and oxygen atoms in total. The van der Waals surface area contributed by atoms with E-state index in [9.17, 15) is 4.79 Å². The van der Waals surface area contributed by atoms with Crippen molar-refractivity contribution in [1.29, 1.82) is 0 Å². The molecule has 0 bridgehead atoms. The average molecular weight is 287 g/mol. The van der Waals surface area contributed by atoms with Crippen molar-refractivity contribution in [1.82, 2.24) is 15.3 Å². The second-order valence-electron chi connectivity index (χ2n) is 5.06. The molecule has 2 rings (SSSR count). The highest BCUT2D eigenvalue weighted by molar-refractivity contribution is 5.77. The number of aryl methyl sites for hydroxylation is 1. The summed E-state index contributed by atoms with van der Waals surface area (Å²) in [5.74, 6) is 0.847. The molecule has 0 aliphatic heterocycles. The van der Waals surface area contributed by atoms with E-state index in [1.807, 2.05) is 31.2 Å². The fraction of sp³-hybridized carbons (Fsp3) is 0.375. The Morgan fingerprint density at radius 2 is 2.24 bits per heavy atom. The van der Waals surface area contributed by atoms with Crippen LogP contribution in [0.15, 0.2) is 36.4 Å². The lowest BCUT2D eigenvalue weighted by atomic mass is 10.3. The summed E-state index contributed by atoms with van der Waals surface area (Å²) in [5.41, 5.74) is 2.91. The molecule has 2 N–H and O–H groups in total. The van der Waals surface area contributed by atoms with E-state index in [1.54, 1.807) is 0 Å². The van der Waals surface area contributed by atoms with Crippen molar-refractivity contribution in [2.45, 2.75) is 19.8 Å². The van der Waals surface area contributed by atoms with Gasteiger partial charge in [-0.1, -0.05) is 24.3 Å². The Labute approximate surface area is 124 Å². The summed E-state index contributed by atoms with van der Waals surface area (Å²) in [5, 5.41) is 2.83. The number of imidazole rings is 1. The van der Waals surface area contributed by atoms with Crippen LogP contribution in [0.5, 0.6) is 0 Å². The van der Waals surface area contributed by atoms with Gasteiger partial charge in [0.25, 0.3) is 0 Å². The van der Waals surface area contributed by atoms with E-state index in [4.69, 9.17) is 4.74 Å². The second-order valence-corrected chi connectivity index (χ2v) is 5.06. The lowest BCUT2D eigenvalue weighted by Gasteiger charge is -2.05. The van der Waals surface area contributed by atoms with Crippen LogP contribution in [0.4, 0.5) is 0 Å². The fourth-order valence-corrected chi connectivity index (χ4v) is 1.95. The molecule has 5 heteroatoms. The molecular weight excluding hydrogens is 266 g/mol. The molecule has 1 amide bonds. The molecule has 21 heavy (non-hydrogen) atoms. The molecule has 0 saturated heterocycles. The lowest BCUT2D eigenvalue weighted by Crippen LogP contribution is -2.27. The lowest BCUT2D eigenvalue weighted by molar-refractivity contribution is -0.121. The molecule has 0 spiro atoms. The number of hydrogen-bond donors (Lipinski definition) is 2. The molecule has 0 radical (unpaired) electrons. The molecular formula is C16H21N3O2. The van der Waals surface area contributed by atoms with E-state index in [0.29, 0.717) is 32.6 Å². The summed E-state index contributed by atoms with van der Waals surface area (Å²) in [6.07, 6.45) is 1.02. The highest BCUT2D eigenvalue weighted by Crippen LogP contribution is 2.11. The fourth-order valence-electron chi connectivity index (χ4n) is 1.95. The van der Waals surface area contributed by atoms with E-state index in [-0.39, 0.29) is 5.91 Å². The van der Waals surface area contributed by atoms with Crippen LogP contribution in [0, 0.1) is 0 Å². The van der Waals surface area contributed by atoms with Crippen molar-refractivity contribution in [2.24, 2.45) is 0 Å². The van der Waals surface area contributed by atoms with Gasteiger partial charge in [0.05, 0.1) is 24.2 Å². The monoisotopic (exact) mass is 287 g/mol. The van der Waals surface area contributed by atoms with Gasteiger partial charge in [-0.15, -0.1) is 0 Å². The number of ether oxygens (including phenoxy) is 1. The number of nitrogens with zero attached hydrogens (tertiary/aromatic N) is 1. The number of hydrogen-bond acceptors (Lipinski definition) is 3.